The van der Waals surface area contributed by atoms with Crippen LogP contribution in [0.3, 0.4) is 0 Å². The molecule has 0 aromatic heterocycles. The average molecular weight is 278 g/mol. The quantitative estimate of drug-likeness (QED) is 0.578. The first kappa shape index (κ1) is 15.6. The number of nitrogens with one attached hydrogen (secondary N) is 1. The zero-order valence-electron chi connectivity index (χ0n) is 11.2. The van der Waals surface area contributed by atoms with Crippen molar-refractivity contribution in [2.24, 2.45) is 17.2 Å². The number of carbonyl (C=O) groups is 3. The lowest BCUT2D eigenvalue weighted by Gasteiger charge is -2.11. The van der Waals surface area contributed by atoms with Crippen LogP contribution in [-0.4, -0.2) is 23.8 Å². The van der Waals surface area contributed by atoms with Gasteiger partial charge in [-0.2, -0.15) is 0 Å². The number of rotatable bonds is 6. The maximum Gasteiger partial charge on any atom is 0.248 e. The standard InChI is InChI=1S/C13H18N4O3/c1-2-9(14)6-11(18)17-10-4-7(12(15)19)3-8(5-10)13(16)20/h3-5,9H,2,6,14H2,1H3,(H2,15,19)(H2,16,20)(H,17,18). The van der Waals surface area contributed by atoms with E-state index in [4.69, 9.17) is 17.2 Å². The summed E-state index contributed by atoms with van der Waals surface area (Å²) in [7, 11) is 0. The fourth-order valence-electron chi connectivity index (χ4n) is 1.58. The third-order valence-electron chi connectivity index (χ3n) is 2.76. The molecular weight excluding hydrogens is 260 g/mol. The Labute approximate surface area is 116 Å². The van der Waals surface area contributed by atoms with Gasteiger partial charge in [0, 0.05) is 29.3 Å². The molecule has 0 bridgehead atoms. The molecule has 1 aromatic rings. The number of primary amides is 2. The van der Waals surface area contributed by atoms with E-state index in [1.165, 1.54) is 18.2 Å². The molecule has 0 fully saturated rings. The second-order valence-electron chi connectivity index (χ2n) is 4.45. The second kappa shape index (κ2) is 6.67. The number of anilines is 1. The van der Waals surface area contributed by atoms with E-state index in [9.17, 15) is 14.4 Å². The monoisotopic (exact) mass is 278 g/mol. The van der Waals surface area contributed by atoms with E-state index >= 15 is 0 Å². The smallest absolute Gasteiger partial charge is 0.248 e. The number of amides is 3. The van der Waals surface area contributed by atoms with Gasteiger partial charge in [0.2, 0.25) is 17.7 Å². The predicted molar refractivity (Wildman–Crippen MR) is 75.0 cm³/mol. The van der Waals surface area contributed by atoms with Crippen molar-refractivity contribution in [1.82, 2.24) is 0 Å². The highest BCUT2D eigenvalue weighted by Gasteiger charge is 2.12. The van der Waals surface area contributed by atoms with Crippen molar-refractivity contribution in [2.45, 2.75) is 25.8 Å². The van der Waals surface area contributed by atoms with Crippen molar-refractivity contribution < 1.29 is 14.4 Å². The molecule has 0 saturated heterocycles. The summed E-state index contributed by atoms with van der Waals surface area (Å²) in [5, 5.41) is 2.56. The Morgan fingerprint density at radius 1 is 1.10 bits per heavy atom. The van der Waals surface area contributed by atoms with Gasteiger partial charge >= 0.3 is 0 Å². The van der Waals surface area contributed by atoms with Crippen molar-refractivity contribution >= 4 is 23.4 Å². The van der Waals surface area contributed by atoms with E-state index in [0.717, 1.165) is 0 Å². The van der Waals surface area contributed by atoms with Crippen LogP contribution < -0.4 is 22.5 Å². The molecule has 0 spiro atoms. The third-order valence-corrected chi connectivity index (χ3v) is 2.76. The molecule has 7 N–H and O–H groups in total. The molecule has 0 aliphatic carbocycles. The van der Waals surface area contributed by atoms with Crippen molar-refractivity contribution in [3.05, 3.63) is 29.3 Å². The van der Waals surface area contributed by atoms with Crippen molar-refractivity contribution in [3.8, 4) is 0 Å². The van der Waals surface area contributed by atoms with Crippen molar-refractivity contribution in [3.63, 3.8) is 0 Å². The number of hydrogen-bond acceptors (Lipinski definition) is 4. The molecule has 20 heavy (non-hydrogen) atoms. The maximum atomic E-state index is 11.7. The zero-order valence-corrected chi connectivity index (χ0v) is 11.2. The Morgan fingerprint density at radius 2 is 1.60 bits per heavy atom. The second-order valence-corrected chi connectivity index (χ2v) is 4.45. The minimum Gasteiger partial charge on any atom is -0.366 e. The molecule has 7 heteroatoms. The van der Waals surface area contributed by atoms with Gasteiger partial charge in [0.05, 0.1) is 0 Å². The summed E-state index contributed by atoms with van der Waals surface area (Å²) in [5.74, 6) is -1.74. The molecule has 1 unspecified atom stereocenters. The zero-order chi connectivity index (χ0) is 15.3. The van der Waals surface area contributed by atoms with E-state index < -0.39 is 11.8 Å². The minimum atomic E-state index is -0.714. The Hall–Kier alpha value is -2.41. The van der Waals surface area contributed by atoms with Gasteiger partial charge in [-0.15, -0.1) is 0 Å². The lowest BCUT2D eigenvalue weighted by Crippen LogP contribution is -2.26. The molecule has 0 aliphatic rings. The van der Waals surface area contributed by atoms with Crippen LogP contribution in [0.15, 0.2) is 18.2 Å². The molecule has 0 radical (unpaired) electrons. The Morgan fingerprint density at radius 3 is 2.00 bits per heavy atom. The van der Waals surface area contributed by atoms with E-state index in [1.54, 1.807) is 0 Å². The first-order valence-corrected chi connectivity index (χ1v) is 6.13. The summed E-state index contributed by atoms with van der Waals surface area (Å²) in [6, 6.07) is 3.79. The van der Waals surface area contributed by atoms with Crippen molar-refractivity contribution in [1.29, 1.82) is 0 Å². The number of nitrogens with two attached hydrogens (primary N) is 3. The van der Waals surface area contributed by atoms with Gasteiger partial charge in [-0.3, -0.25) is 14.4 Å². The predicted octanol–water partition coefficient (Wildman–Crippen LogP) is -0.0497. The first-order valence-electron chi connectivity index (χ1n) is 6.13. The van der Waals surface area contributed by atoms with Crippen LogP contribution in [0.2, 0.25) is 0 Å². The lowest BCUT2D eigenvalue weighted by atomic mass is 10.1. The molecule has 0 saturated carbocycles. The average Bonchev–Trinajstić information content (AvgIpc) is 2.37. The summed E-state index contributed by atoms with van der Waals surface area (Å²) in [6.07, 6.45) is 0.810. The maximum absolute atomic E-state index is 11.7. The van der Waals surface area contributed by atoms with E-state index in [0.29, 0.717) is 6.42 Å². The van der Waals surface area contributed by atoms with E-state index in [2.05, 4.69) is 5.32 Å². The lowest BCUT2D eigenvalue weighted by molar-refractivity contribution is -0.116. The highest BCUT2D eigenvalue weighted by molar-refractivity contribution is 6.01. The SMILES string of the molecule is CCC(N)CC(=O)Nc1cc(C(N)=O)cc(C(N)=O)c1. The van der Waals surface area contributed by atoms with Gasteiger partial charge in [-0.25, -0.2) is 0 Å². The van der Waals surface area contributed by atoms with Gasteiger partial charge in [0.1, 0.15) is 0 Å². The highest BCUT2D eigenvalue weighted by Crippen LogP contribution is 2.15. The van der Waals surface area contributed by atoms with Crippen LogP contribution in [0.5, 0.6) is 0 Å². The summed E-state index contributed by atoms with van der Waals surface area (Å²) in [6.45, 7) is 1.87. The molecule has 108 valence electrons. The fourth-order valence-corrected chi connectivity index (χ4v) is 1.58. The topological polar surface area (TPSA) is 141 Å². The number of carbonyl (C=O) groups excluding carboxylic acids is 3. The molecule has 1 rings (SSSR count). The van der Waals surface area contributed by atoms with Gasteiger partial charge in [0.25, 0.3) is 0 Å². The molecular formula is C13H18N4O3. The van der Waals surface area contributed by atoms with E-state index in [1.807, 2.05) is 6.92 Å². The normalized spacial score (nSPS) is 11.7. The molecule has 7 nitrogen and oxygen atoms in total. The highest BCUT2D eigenvalue weighted by atomic mass is 16.2. The molecule has 1 atom stereocenters. The minimum absolute atomic E-state index is 0.0939. The molecule has 3 amide bonds. The first-order chi connectivity index (χ1) is 9.33. The van der Waals surface area contributed by atoms with Crippen LogP contribution in [0.25, 0.3) is 0 Å². The van der Waals surface area contributed by atoms with Crippen LogP contribution in [0, 0.1) is 0 Å². The Bertz CT molecular complexity index is 510. The van der Waals surface area contributed by atoms with Gasteiger partial charge in [0.15, 0.2) is 0 Å². The fraction of sp³-hybridized carbons (Fsp3) is 0.308. The molecule has 0 heterocycles. The van der Waals surface area contributed by atoms with Gasteiger partial charge in [-0.1, -0.05) is 6.92 Å². The molecule has 1 aromatic carbocycles. The molecule has 0 aliphatic heterocycles. The summed E-state index contributed by atoms with van der Waals surface area (Å²) in [5.41, 5.74) is 16.5. The van der Waals surface area contributed by atoms with Crippen molar-refractivity contribution in [2.75, 3.05) is 5.32 Å². The Balaban J connectivity index is 2.97. The largest absolute Gasteiger partial charge is 0.366 e. The van der Waals surface area contributed by atoms with Crippen LogP contribution in [-0.2, 0) is 4.79 Å². The van der Waals surface area contributed by atoms with Gasteiger partial charge < -0.3 is 22.5 Å². The summed E-state index contributed by atoms with van der Waals surface area (Å²) < 4.78 is 0. The van der Waals surface area contributed by atoms with Crippen LogP contribution in [0.1, 0.15) is 40.5 Å². The summed E-state index contributed by atoms with van der Waals surface area (Å²) in [4.78, 5) is 34.1. The third kappa shape index (κ3) is 4.36. The number of hydrogen-bond donors (Lipinski definition) is 4. The summed E-state index contributed by atoms with van der Waals surface area (Å²) >= 11 is 0. The van der Waals surface area contributed by atoms with Gasteiger partial charge in [-0.05, 0) is 24.6 Å². The van der Waals surface area contributed by atoms with Crippen LogP contribution >= 0.6 is 0 Å². The Kier molecular flexibility index (Phi) is 5.22. The van der Waals surface area contributed by atoms with Crippen LogP contribution in [0.4, 0.5) is 5.69 Å². The van der Waals surface area contributed by atoms with E-state index in [-0.39, 0.29) is 35.2 Å². The number of benzene rings is 1.